The molecular formula is C16H24N2O2. The second kappa shape index (κ2) is 6.75. The van der Waals surface area contributed by atoms with Gasteiger partial charge in [0.1, 0.15) is 5.75 Å². The molecule has 4 heteroatoms. The number of carbonyl (C=O) groups excluding carboxylic acids is 1. The molecule has 0 aromatic heterocycles. The zero-order valence-electron chi connectivity index (χ0n) is 12.4. The number of amides is 1. The summed E-state index contributed by atoms with van der Waals surface area (Å²) in [5.41, 5.74) is 8.70. The van der Waals surface area contributed by atoms with Crippen molar-refractivity contribution in [2.75, 3.05) is 20.7 Å². The van der Waals surface area contributed by atoms with Crippen molar-refractivity contribution in [3.8, 4) is 5.75 Å². The molecule has 2 rings (SSSR count). The molecule has 0 saturated carbocycles. The van der Waals surface area contributed by atoms with E-state index in [9.17, 15) is 4.79 Å². The number of hydrogen-bond donors (Lipinski definition) is 1. The van der Waals surface area contributed by atoms with E-state index in [1.807, 2.05) is 6.07 Å². The van der Waals surface area contributed by atoms with Crippen LogP contribution in [-0.4, -0.2) is 37.6 Å². The van der Waals surface area contributed by atoms with E-state index < -0.39 is 0 Å². The molecule has 0 aliphatic heterocycles. The number of benzene rings is 1. The number of nitrogens with two attached hydrogens (primary N) is 1. The molecule has 110 valence electrons. The van der Waals surface area contributed by atoms with Crippen LogP contribution in [0.5, 0.6) is 5.75 Å². The Labute approximate surface area is 120 Å². The Morgan fingerprint density at radius 3 is 2.95 bits per heavy atom. The Kier molecular flexibility index (Phi) is 5.01. The molecule has 1 unspecified atom stereocenters. The van der Waals surface area contributed by atoms with Gasteiger partial charge in [0.15, 0.2) is 0 Å². The number of ether oxygens (including phenoxy) is 1. The quantitative estimate of drug-likeness (QED) is 0.834. The van der Waals surface area contributed by atoms with E-state index >= 15 is 0 Å². The molecule has 1 aliphatic rings. The van der Waals surface area contributed by atoms with Crippen LogP contribution in [0, 0.1) is 0 Å². The van der Waals surface area contributed by atoms with Crippen LogP contribution in [0.25, 0.3) is 0 Å². The Hall–Kier alpha value is -1.55. The van der Waals surface area contributed by atoms with Crippen LogP contribution in [0.2, 0.25) is 0 Å². The first-order valence-electron chi connectivity index (χ1n) is 7.26. The highest BCUT2D eigenvalue weighted by Gasteiger charge is 2.15. The van der Waals surface area contributed by atoms with E-state index in [1.54, 1.807) is 19.0 Å². The van der Waals surface area contributed by atoms with Crippen molar-refractivity contribution >= 4 is 5.91 Å². The monoisotopic (exact) mass is 276 g/mol. The topological polar surface area (TPSA) is 55.6 Å². The highest BCUT2D eigenvalue weighted by atomic mass is 16.5. The van der Waals surface area contributed by atoms with Gasteiger partial charge in [-0.25, -0.2) is 0 Å². The zero-order valence-corrected chi connectivity index (χ0v) is 12.4. The van der Waals surface area contributed by atoms with Gasteiger partial charge in [0.2, 0.25) is 5.91 Å². The second-order valence-electron chi connectivity index (χ2n) is 5.67. The van der Waals surface area contributed by atoms with Crippen LogP contribution in [0.1, 0.15) is 30.4 Å². The summed E-state index contributed by atoms with van der Waals surface area (Å²) in [4.78, 5) is 13.0. The summed E-state index contributed by atoms with van der Waals surface area (Å²) in [6.45, 7) is 0.574. The van der Waals surface area contributed by atoms with E-state index in [0.717, 1.165) is 31.4 Å². The lowest BCUT2D eigenvalue weighted by Gasteiger charge is -2.22. The van der Waals surface area contributed by atoms with Crippen LogP contribution in [0.4, 0.5) is 0 Å². The van der Waals surface area contributed by atoms with Crippen LogP contribution in [0.15, 0.2) is 18.2 Å². The maximum absolute atomic E-state index is 11.4. The third-order valence-corrected chi connectivity index (χ3v) is 3.75. The van der Waals surface area contributed by atoms with Gasteiger partial charge in [-0.15, -0.1) is 0 Å². The summed E-state index contributed by atoms with van der Waals surface area (Å²) in [6.07, 6.45) is 4.34. The molecule has 2 N–H and O–H groups in total. The highest BCUT2D eigenvalue weighted by molar-refractivity contribution is 5.75. The number of carbonyl (C=O) groups is 1. The molecule has 0 spiro atoms. The molecule has 1 amide bonds. The first-order valence-corrected chi connectivity index (χ1v) is 7.26. The minimum Gasteiger partial charge on any atom is -0.494 e. The van der Waals surface area contributed by atoms with E-state index in [-0.39, 0.29) is 11.9 Å². The minimum atomic E-state index is 0.144. The average molecular weight is 276 g/mol. The van der Waals surface area contributed by atoms with Crippen molar-refractivity contribution in [1.29, 1.82) is 0 Å². The smallest absolute Gasteiger partial charge is 0.222 e. The lowest BCUT2D eigenvalue weighted by Crippen LogP contribution is -2.27. The van der Waals surface area contributed by atoms with Crippen LogP contribution in [0.3, 0.4) is 0 Å². The standard InChI is InChI=1S/C16H24N2O2/c1-18(2)16(19)4-3-9-20-15-8-6-12-5-7-14(17)10-13(12)11-15/h6,8,11,14H,3-5,7,9-10,17H2,1-2H3. The van der Waals surface area contributed by atoms with E-state index in [0.29, 0.717) is 13.0 Å². The summed E-state index contributed by atoms with van der Waals surface area (Å²) in [7, 11) is 3.55. The molecule has 0 saturated heterocycles. The van der Waals surface area contributed by atoms with Gasteiger partial charge in [-0.3, -0.25) is 4.79 Å². The molecule has 1 aromatic carbocycles. The lowest BCUT2D eigenvalue weighted by molar-refractivity contribution is -0.128. The van der Waals surface area contributed by atoms with E-state index in [2.05, 4.69) is 12.1 Å². The number of aryl methyl sites for hydroxylation is 1. The first kappa shape index (κ1) is 14.9. The van der Waals surface area contributed by atoms with Gasteiger partial charge in [0, 0.05) is 26.6 Å². The SMILES string of the molecule is CN(C)C(=O)CCCOc1ccc2c(c1)CC(N)CC2. The third-order valence-electron chi connectivity index (χ3n) is 3.75. The van der Waals surface area contributed by atoms with Crippen molar-refractivity contribution in [2.24, 2.45) is 5.73 Å². The Bertz CT molecular complexity index is 472. The Balaban J connectivity index is 1.82. The number of fused-ring (bicyclic) bond motifs is 1. The van der Waals surface area contributed by atoms with Gasteiger partial charge in [0.25, 0.3) is 0 Å². The summed E-state index contributed by atoms with van der Waals surface area (Å²) >= 11 is 0. The van der Waals surface area contributed by atoms with Gasteiger partial charge in [-0.2, -0.15) is 0 Å². The summed E-state index contributed by atoms with van der Waals surface area (Å²) in [5.74, 6) is 1.03. The molecule has 1 aliphatic carbocycles. The molecule has 0 fully saturated rings. The molecular weight excluding hydrogens is 252 g/mol. The van der Waals surface area contributed by atoms with Crippen molar-refractivity contribution in [3.05, 3.63) is 29.3 Å². The van der Waals surface area contributed by atoms with Crippen LogP contribution < -0.4 is 10.5 Å². The number of rotatable bonds is 5. The maximum Gasteiger partial charge on any atom is 0.222 e. The van der Waals surface area contributed by atoms with Crippen molar-refractivity contribution in [1.82, 2.24) is 4.90 Å². The Morgan fingerprint density at radius 1 is 1.40 bits per heavy atom. The predicted octanol–water partition coefficient (Wildman–Crippen LogP) is 1.75. The van der Waals surface area contributed by atoms with Gasteiger partial charge >= 0.3 is 0 Å². The van der Waals surface area contributed by atoms with Gasteiger partial charge < -0.3 is 15.4 Å². The van der Waals surface area contributed by atoms with Gasteiger partial charge in [-0.1, -0.05) is 6.07 Å². The Morgan fingerprint density at radius 2 is 2.20 bits per heavy atom. The molecule has 4 nitrogen and oxygen atoms in total. The fourth-order valence-corrected chi connectivity index (χ4v) is 2.49. The van der Waals surface area contributed by atoms with Gasteiger partial charge in [-0.05, 0) is 48.9 Å². The van der Waals surface area contributed by atoms with Crippen molar-refractivity contribution in [2.45, 2.75) is 38.1 Å². The molecule has 0 heterocycles. The minimum absolute atomic E-state index is 0.144. The molecule has 1 atom stereocenters. The summed E-state index contributed by atoms with van der Waals surface area (Å²) in [5, 5.41) is 0. The average Bonchev–Trinajstić information content (AvgIpc) is 2.42. The zero-order chi connectivity index (χ0) is 14.5. The highest BCUT2D eigenvalue weighted by Crippen LogP contribution is 2.25. The fourth-order valence-electron chi connectivity index (χ4n) is 2.49. The molecule has 20 heavy (non-hydrogen) atoms. The predicted molar refractivity (Wildman–Crippen MR) is 79.9 cm³/mol. The lowest BCUT2D eigenvalue weighted by atomic mass is 9.89. The van der Waals surface area contributed by atoms with Crippen molar-refractivity contribution in [3.63, 3.8) is 0 Å². The molecule has 0 radical (unpaired) electrons. The summed E-state index contributed by atoms with van der Waals surface area (Å²) < 4.78 is 5.73. The van der Waals surface area contributed by atoms with Crippen LogP contribution in [-0.2, 0) is 17.6 Å². The van der Waals surface area contributed by atoms with Crippen molar-refractivity contribution < 1.29 is 9.53 Å². The molecule has 0 bridgehead atoms. The second-order valence-corrected chi connectivity index (χ2v) is 5.67. The van der Waals surface area contributed by atoms with E-state index in [4.69, 9.17) is 10.5 Å². The van der Waals surface area contributed by atoms with Gasteiger partial charge in [0.05, 0.1) is 6.61 Å². The maximum atomic E-state index is 11.4. The normalized spacial score (nSPS) is 17.4. The number of nitrogens with zero attached hydrogens (tertiary/aromatic N) is 1. The third kappa shape index (κ3) is 3.97. The van der Waals surface area contributed by atoms with Crippen LogP contribution >= 0.6 is 0 Å². The largest absolute Gasteiger partial charge is 0.494 e. The first-order chi connectivity index (χ1) is 9.56. The fraction of sp³-hybridized carbons (Fsp3) is 0.562. The molecule has 1 aromatic rings. The summed E-state index contributed by atoms with van der Waals surface area (Å²) in [6, 6.07) is 6.53. The van der Waals surface area contributed by atoms with E-state index in [1.165, 1.54) is 11.1 Å². The number of hydrogen-bond acceptors (Lipinski definition) is 3.